The quantitative estimate of drug-likeness (QED) is 0.586. The summed E-state index contributed by atoms with van der Waals surface area (Å²) >= 11 is 6.08. The van der Waals surface area contributed by atoms with Gasteiger partial charge in [0.2, 0.25) is 5.82 Å². The second-order valence-corrected chi connectivity index (χ2v) is 8.41. The van der Waals surface area contributed by atoms with Crippen molar-refractivity contribution in [3.05, 3.63) is 77.3 Å². The van der Waals surface area contributed by atoms with E-state index in [0.717, 1.165) is 5.69 Å². The minimum atomic E-state index is -0.484. The van der Waals surface area contributed by atoms with Crippen LogP contribution in [0.5, 0.6) is 0 Å². The van der Waals surface area contributed by atoms with Gasteiger partial charge in [-0.1, -0.05) is 49.7 Å². The summed E-state index contributed by atoms with van der Waals surface area (Å²) in [5.41, 5.74) is 0.914. The summed E-state index contributed by atoms with van der Waals surface area (Å²) in [6.45, 7) is 5.42. The van der Waals surface area contributed by atoms with Gasteiger partial charge in [-0.2, -0.15) is 0 Å². The molecule has 0 bridgehead atoms. The molecule has 32 heavy (non-hydrogen) atoms. The van der Waals surface area contributed by atoms with Crippen molar-refractivity contribution in [3.63, 3.8) is 0 Å². The molecule has 4 rings (SSSR count). The molecule has 0 spiro atoms. The Morgan fingerprint density at radius 3 is 2.44 bits per heavy atom. The van der Waals surface area contributed by atoms with Gasteiger partial charge in [0.05, 0.1) is 11.2 Å². The summed E-state index contributed by atoms with van der Waals surface area (Å²) < 4.78 is 1.60. The van der Waals surface area contributed by atoms with E-state index in [-0.39, 0.29) is 17.6 Å². The number of halogens is 1. The average molecular weight is 452 g/mol. The van der Waals surface area contributed by atoms with Crippen LogP contribution in [0.4, 0.5) is 0 Å². The largest absolute Gasteiger partial charge is 0.335 e. The lowest BCUT2D eigenvalue weighted by molar-refractivity contribution is 0.0000404. The zero-order valence-corrected chi connectivity index (χ0v) is 19.0. The third kappa shape index (κ3) is 4.12. The van der Waals surface area contributed by atoms with Gasteiger partial charge >= 0.3 is 0 Å². The highest BCUT2D eigenvalue weighted by Gasteiger charge is 2.44. The lowest BCUT2D eigenvalue weighted by Crippen LogP contribution is -2.64. The van der Waals surface area contributed by atoms with Crippen LogP contribution in [0.3, 0.4) is 0 Å². The molecule has 0 aliphatic carbocycles. The SMILES string of the molecule is CCC1(CC)CN(C(=O)c2cccc(Cl)c2)CCN1C(=O)c1ncn(-c2ccccc2)n1. The fraction of sp³-hybridized carbons (Fsp3) is 0.333. The first-order chi connectivity index (χ1) is 15.5. The number of piperazine rings is 1. The Labute approximate surface area is 192 Å². The number of benzene rings is 2. The fourth-order valence-corrected chi connectivity index (χ4v) is 4.50. The number of para-hydroxylation sites is 1. The van der Waals surface area contributed by atoms with Gasteiger partial charge in [-0.15, -0.1) is 5.10 Å². The predicted octanol–water partition coefficient (Wildman–Crippen LogP) is 4.08. The molecule has 1 aliphatic heterocycles. The van der Waals surface area contributed by atoms with Gasteiger partial charge in [-0.05, 0) is 43.2 Å². The molecule has 0 unspecified atom stereocenters. The maximum atomic E-state index is 13.4. The number of rotatable bonds is 5. The lowest BCUT2D eigenvalue weighted by atomic mass is 9.87. The monoisotopic (exact) mass is 451 g/mol. The molecule has 2 aromatic carbocycles. The van der Waals surface area contributed by atoms with E-state index in [2.05, 4.69) is 10.1 Å². The van der Waals surface area contributed by atoms with Crippen LogP contribution < -0.4 is 0 Å². The molecule has 3 aromatic rings. The normalized spacial score (nSPS) is 15.6. The number of amides is 2. The maximum Gasteiger partial charge on any atom is 0.294 e. The van der Waals surface area contributed by atoms with Crippen molar-refractivity contribution in [1.29, 1.82) is 0 Å². The van der Waals surface area contributed by atoms with Crippen molar-refractivity contribution < 1.29 is 9.59 Å². The molecule has 0 atom stereocenters. The van der Waals surface area contributed by atoms with Crippen molar-refractivity contribution in [2.24, 2.45) is 0 Å². The summed E-state index contributed by atoms with van der Waals surface area (Å²) in [6.07, 6.45) is 2.99. The van der Waals surface area contributed by atoms with Gasteiger partial charge < -0.3 is 9.80 Å². The fourth-order valence-electron chi connectivity index (χ4n) is 4.31. The summed E-state index contributed by atoms with van der Waals surface area (Å²) in [7, 11) is 0. The molecule has 0 saturated carbocycles. The number of aromatic nitrogens is 3. The first-order valence-electron chi connectivity index (χ1n) is 10.8. The highest BCUT2D eigenvalue weighted by molar-refractivity contribution is 6.30. The number of nitrogens with zero attached hydrogens (tertiary/aromatic N) is 5. The van der Waals surface area contributed by atoms with Crippen molar-refractivity contribution in [2.75, 3.05) is 19.6 Å². The van der Waals surface area contributed by atoms with Crippen LogP contribution in [0.2, 0.25) is 5.02 Å². The Morgan fingerprint density at radius 2 is 1.75 bits per heavy atom. The minimum Gasteiger partial charge on any atom is -0.335 e. The molecule has 1 aliphatic rings. The van der Waals surface area contributed by atoms with E-state index in [4.69, 9.17) is 11.6 Å². The van der Waals surface area contributed by atoms with E-state index >= 15 is 0 Å². The number of carbonyl (C=O) groups is 2. The zero-order valence-electron chi connectivity index (χ0n) is 18.2. The molecule has 166 valence electrons. The predicted molar refractivity (Wildman–Crippen MR) is 123 cm³/mol. The van der Waals surface area contributed by atoms with Crippen LogP contribution >= 0.6 is 11.6 Å². The minimum absolute atomic E-state index is 0.0719. The summed E-state index contributed by atoms with van der Waals surface area (Å²) in [5, 5.41) is 4.95. The topological polar surface area (TPSA) is 71.3 Å². The third-order valence-electron chi connectivity index (χ3n) is 6.28. The van der Waals surface area contributed by atoms with Crippen molar-refractivity contribution in [3.8, 4) is 5.69 Å². The van der Waals surface area contributed by atoms with E-state index in [1.54, 1.807) is 35.3 Å². The van der Waals surface area contributed by atoms with Gasteiger partial charge in [-0.3, -0.25) is 9.59 Å². The zero-order chi connectivity index (χ0) is 22.7. The molecule has 1 saturated heterocycles. The van der Waals surface area contributed by atoms with Gasteiger partial charge in [0.25, 0.3) is 11.8 Å². The Morgan fingerprint density at radius 1 is 1.00 bits per heavy atom. The standard InChI is InChI=1S/C24H26ClN5O2/c1-3-24(4-2)16-28(22(31)18-9-8-10-19(25)15-18)13-14-29(24)23(32)21-26-17-30(27-21)20-11-6-5-7-12-20/h5-12,15,17H,3-4,13-14,16H2,1-2H3. The third-order valence-corrected chi connectivity index (χ3v) is 6.51. The van der Waals surface area contributed by atoms with E-state index in [9.17, 15) is 9.59 Å². The molecule has 1 fully saturated rings. The summed E-state index contributed by atoms with van der Waals surface area (Å²) in [4.78, 5) is 34.5. The first-order valence-corrected chi connectivity index (χ1v) is 11.2. The number of carbonyl (C=O) groups excluding carboxylic acids is 2. The molecule has 2 heterocycles. The van der Waals surface area contributed by atoms with Crippen LogP contribution in [0.25, 0.3) is 5.69 Å². The Kier molecular flexibility index (Phi) is 6.28. The summed E-state index contributed by atoms with van der Waals surface area (Å²) in [6, 6.07) is 16.5. The lowest BCUT2D eigenvalue weighted by Gasteiger charge is -2.50. The van der Waals surface area contributed by atoms with E-state index < -0.39 is 5.54 Å². The smallest absolute Gasteiger partial charge is 0.294 e. The average Bonchev–Trinajstić information content (AvgIpc) is 3.33. The summed E-state index contributed by atoms with van der Waals surface area (Å²) in [5.74, 6) is -0.120. The van der Waals surface area contributed by atoms with Crippen LogP contribution in [-0.2, 0) is 0 Å². The van der Waals surface area contributed by atoms with E-state index in [1.807, 2.05) is 54.0 Å². The number of hydrogen-bond donors (Lipinski definition) is 0. The highest BCUT2D eigenvalue weighted by Crippen LogP contribution is 2.31. The van der Waals surface area contributed by atoms with Gasteiger partial charge in [0.1, 0.15) is 6.33 Å². The maximum absolute atomic E-state index is 13.4. The van der Waals surface area contributed by atoms with Crippen LogP contribution in [0.15, 0.2) is 60.9 Å². The van der Waals surface area contributed by atoms with Gasteiger partial charge in [0.15, 0.2) is 0 Å². The molecule has 1 aromatic heterocycles. The Bertz CT molecular complexity index is 1110. The van der Waals surface area contributed by atoms with E-state index in [1.165, 1.54) is 0 Å². The van der Waals surface area contributed by atoms with Gasteiger partial charge in [-0.25, -0.2) is 9.67 Å². The Balaban J connectivity index is 1.57. The highest BCUT2D eigenvalue weighted by atomic mass is 35.5. The first kappa shape index (κ1) is 22.0. The molecule has 0 N–H and O–H groups in total. The van der Waals surface area contributed by atoms with Crippen molar-refractivity contribution in [1.82, 2.24) is 24.6 Å². The molecular weight excluding hydrogens is 426 g/mol. The molecule has 7 nitrogen and oxygen atoms in total. The van der Waals surface area contributed by atoms with E-state index in [0.29, 0.717) is 43.1 Å². The second kappa shape index (κ2) is 9.12. The van der Waals surface area contributed by atoms with Crippen LogP contribution in [-0.4, -0.2) is 61.6 Å². The second-order valence-electron chi connectivity index (χ2n) is 7.97. The van der Waals surface area contributed by atoms with Crippen LogP contribution in [0, 0.1) is 0 Å². The Hall–Kier alpha value is -3.19. The molecule has 2 amide bonds. The molecule has 0 radical (unpaired) electrons. The van der Waals surface area contributed by atoms with Gasteiger partial charge in [0, 0.05) is 30.2 Å². The van der Waals surface area contributed by atoms with Crippen LogP contribution in [0.1, 0.15) is 47.7 Å². The number of hydrogen-bond acceptors (Lipinski definition) is 4. The molecule has 8 heteroatoms. The molecular formula is C24H26ClN5O2. The van der Waals surface area contributed by atoms with Crippen molar-refractivity contribution >= 4 is 23.4 Å². The van der Waals surface area contributed by atoms with Crippen molar-refractivity contribution in [2.45, 2.75) is 32.2 Å².